The van der Waals surface area contributed by atoms with Crippen LogP contribution < -0.4 is 5.43 Å². The van der Waals surface area contributed by atoms with Gasteiger partial charge in [-0.1, -0.05) is 42.0 Å². The van der Waals surface area contributed by atoms with E-state index in [1.807, 2.05) is 45.0 Å². The topological polar surface area (TPSA) is 69.0 Å². The summed E-state index contributed by atoms with van der Waals surface area (Å²) in [5.74, 6) is 0. The highest BCUT2D eigenvalue weighted by Gasteiger charge is 2.24. The highest BCUT2D eigenvalue weighted by atomic mass is 32.2. The third kappa shape index (κ3) is 3.55. The first-order valence-electron chi connectivity index (χ1n) is 9.64. The van der Waals surface area contributed by atoms with Gasteiger partial charge in [0.1, 0.15) is 10.5 Å². The second kappa shape index (κ2) is 7.54. The molecular weight excluding hydrogens is 396 g/mol. The van der Waals surface area contributed by atoms with E-state index in [0.29, 0.717) is 17.6 Å². The fourth-order valence-electron chi connectivity index (χ4n) is 3.46. The molecule has 0 atom stereocenters. The zero-order valence-corrected chi connectivity index (χ0v) is 17.9. The van der Waals surface area contributed by atoms with E-state index in [0.717, 1.165) is 22.4 Å². The summed E-state index contributed by atoms with van der Waals surface area (Å²) in [4.78, 5) is 17.6. The Morgan fingerprint density at radius 2 is 1.60 bits per heavy atom. The van der Waals surface area contributed by atoms with Crippen molar-refractivity contribution in [3.63, 3.8) is 0 Å². The number of aromatic nitrogens is 2. The Labute approximate surface area is 175 Å². The normalized spacial score (nSPS) is 11.7. The first kappa shape index (κ1) is 20.0. The molecule has 4 rings (SSSR count). The van der Waals surface area contributed by atoms with Crippen LogP contribution in [-0.4, -0.2) is 18.0 Å². The minimum atomic E-state index is -3.97. The van der Waals surface area contributed by atoms with Gasteiger partial charge in [0.15, 0.2) is 0 Å². The van der Waals surface area contributed by atoms with Crippen molar-refractivity contribution in [2.45, 2.75) is 37.1 Å². The van der Waals surface area contributed by atoms with E-state index >= 15 is 0 Å². The van der Waals surface area contributed by atoms with Crippen molar-refractivity contribution in [1.29, 1.82) is 0 Å². The Morgan fingerprint density at radius 3 is 2.30 bits per heavy atom. The standard InChI is InChI=1S/C24H22N2O3S/c1-16-8-11-20(12-9-16)30(28,29)22-15-26(14-19-7-5-4-6-17(19)2)24-21(23(22)27)13-10-18(3)25-24/h4-13,15H,14H2,1-3H3. The molecule has 2 aromatic heterocycles. The van der Waals surface area contributed by atoms with Gasteiger partial charge in [-0.05, 0) is 56.2 Å². The van der Waals surface area contributed by atoms with Gasteiger partial charge >= 0.3 is 0 Å². The van der Waals surface area contributed by atoms with Crippen LogP contribution in [0.3, 0.4) is 0 Å². The van der Waals surface area contributed by atoms with E-state index in [2.05, 4.69) is 4.98 Å². The van der Waals surface area contributed by atoms with E-state index in [9.17, 15) is 13.2 Å². The number of rotatable bonds is 4. The van der Waals surface area contributed by atoms with E-state index in [4.69, 9.17) is 0 Å². The monoisotopic (exact) mass is 418 g/mol. The lowest BCUT2D eigenvalue weighted by Gasteiger charge is -2.15. The van der Waals surface area contributed by atoms with Crippen LogP contribution in [0.5, 0.6) is 0 Å². The maximum atomic E-state index is 13.3. The van der Waals surface area contributed by atoms with Gasteiger partial charge in [-0.25, -0.2) is 13.4 Å². The Hall–Kier alpha value is -3.25. The fourth-order valence-corrected chi connectivity index (χ4v) is 4.83. The quantitative estimate of drug-likeness (QED) is 0.498. The van der Waals surface area contributed by atoms with E-state index in [-0.39, 0.29) is 9.79 Å². The molecule has 0 saturated heterocycles. The molecule has 0 aliphatic rings. The Kier molecular flexibility index (Phi) is 5.03. The lowest BCUT2D eigenvalue weighted by molar-refractivity contribution is 0.594. The molecule has 0 N–H and O–H groups in total. The van der Waals surface area contributed by atoms with Crippen LogP contribution in [0, 0.1) is 20.8 Å². The smallest absolute Gasteiger partial charge is 0.211 e. The number of hydrogen-bond acceptors (Lipinski definition) is 4. The first-order valence-corrected chi connectivity index (χ1v) is 11.1. The van der Waals surface area contributed by atoms with Crippen LogP contribution >= 0.6 is 0 Å². The summed E-state index contributed by atoms with van der Waals surface area (Å²) in [5.41, 5.74) is 3.77. The molecule has 0 radical (unpaired) electrons. The van der Waals surface area contributed by atoms with Crippen LogP contribution in [0.4, 0.5) is 0 Å². The molecule has 5 nitrogen and oxygen atoms in total. The Bertz CT molecular complexity index is 1420. The number of nitrogens with zero attached hydrogens (tertiary/aromatic N) is 2. The van der Waals surface area contributed by atoms with Crippen molar-refractivity contribution in [3.05, 3.63) is 99.5 Å². The van der Waals surface area contributed by atoms with Gasteiger partial charge in [-0.3, -0.25) is 4.79 Å². The van der Waals surface area contributed by atoms with Crippen molar-refractivity contribution < 1.29 is 8.42 Å². The highest BCUT2D eigenvalue weighted by molar-refractivity contribution is 7.91. The van der Waals surface area contributed by atoms with Gasteiger partial charge in [0.05, 0.1) is 10.3 Å². The van der Waals surface area contributed by atoms with Gasteiger partial charge in [-0.2, -0.15) is 0 Å². The molecule has 2 heterocycles. The zero-order chi connectivity index (χ0) is 21.5. The molecule has 0 aliphatic heterocycles. The third-order valence-corrected chi connectivity index (χ3v) is 7.01. The number of aryl methyl sites for hydroxylation is 3. The summed E-state index contributed by atoms with van der Waals surface area (Å²) in [6.07, 6.45) is 1.43. The molecule has 0 aliphatic carbocycles. The molecule has 6 heteroatoms. The summed E-state index contributed by atoms with van der Waals surface area (Å²) in [6.45, 7) is 6.15. The van der Waals surface area contributed by atoms with Crippen LogP contribution in [0.2, 0.25) is 0 Å². The second-order valence-electron chi connectivity index (χ2n) is 7.52. The van der Waals surface area contributed by atoms with Crippen LogP contribution in [0.1, 0.15) is 22.4 Å². The number of fused-ring (bicyclic) bond motifs is 1. The molecule has 0 bridgehead atoms. The Balaban J connectivity index is 1.99. The van der Waals surface area contributed by atoms with E-state index in [1.165, 1.54) is 18.3 Å². The molecule has 0 fully saturated rings. The number of benzene rings is 2. The molecular formula is C24H22N2O3S. The zero-order valence-electron chi connectivity index (χ0n) is 17.1. The molecule has 0 saturated carbocycles. The molecule has 0 unspecified atom stereocenters. The maximum Gasteiger partial charge on any atom is 0.211 e. The van der Waals surface area contributed by atoms with Crippen molar-refractivity contribution >= 4 is 20.9 Å². The van der Waals surface area contributed by atoms with Crippen molar-refractivity contribution in [2.75, 3.05) is 0 Å². The number of hydrogen-bond donors (Lipinski definition) is 0. The van der Waals surface area contributed by atoms with Crippen LogP contribution in [0.15, 0.2) is 81.4 Å². The average Bonchev–Trinajstić information content (AvgIpc) is 2.71. The predicted molar refractivity (Wildman–Crippen MR) is 118 cm³/mol. The van der Waals surface area contributed by atoms with Crippen LogP contribution in [0.25, 0.3) is 11.0 Å². The minimum absolute atomic E-state index is 0.104. The third-order valence-electron chi connectivity index (χ3n) is 5.25. The summed E-state index contributed by atoms with van der Waals surface area (Å²) >= 11 is 0. The van der Waals surface area contributed by atoms with Gasteiger partial charge in [0, 0.05) is 18.4 Å². The molecule has 4 aromatic rings. The summed E-state index contributed by atoms with van der Waals surface area (Å²) in [6, 6.07) is 17.8. The SMILES string of the molecule is Cc1ccc(S(=O)(=O)c2cn(Cc3ccccc3C)c3nc(C)ccc3c2=O)cc1. The van der Waals surface area contributed by atoms with E-state index < -0.39 is 15.3 Å². The van der Waals surface area contributed by atoms with Crippen molar-refractivity contribution in [2.24, 2.45) is 0 Å². The fraction of sp³-hybridized carbons (Fsp3) is 0.167. The Morgan fingerprint density at radius 1 is 0.900 bits per heavy atom. The predicted octanol–water partition coefficient (Wildman–Crippen LogP) is 4.20. The first-order chi connectivity index (χ1) is 14.3. The summed E-state index contributed by atoms with van der Waals surface area (Å²) in [5, 5.41) is 0.294. The molecule has 30 heavy (non-hydrogen) atoms. The van der Waals surface area contributed by atoms with Gasteiger partial charge in [0.2, 0.25) is 15.3 Å². The number of sulfone groups is 1. The van der Waals surface area contributed by atoms with Crippen molar-refractivity contribution in [1.82, 2.24) is 9.55 Å². The minimum Gasteiger partial charge on any atom is -0.327 e. The lowest BCUT2D eigenvalue weighted by atomic mass is 10.1. The maximum absolute atomic E-state index is 13.3. The molecule has 2 aromatic carbocycles. The average molecular weight is 419 g/mol. The van der Waals surface area contributed by atoms with Crippen molar-refractivity contribution in [3.8, 4) is 0 Å². The van der Waals surface area contributed by atoms with Gasteiger partial charge < -0.3 is 4.57 Å². The molecule has 0 spiro atoms. The highest BCUT2D eigenvalue weighted by Crippen LogP contribution is 2.22. The molecule has 152 valence electrons. The lowest BCUT2D eigenvalue weighted by Crippen LogP contribution is -2.20. The summed E-state index contributed by atoms with van der Waals surface area (Å²) < 4.78 is 28.4. The van der Waals surface area contributed by atoms with Crippen LogP contribution in [-0.2, 0) is 16.4 Å². The van der Waals surface area contributed by atoms with Gasteiger partial charge in [-0.15, -0.1) is 0 Å². The second-order valence-corrected chi connectivity index (χ2v) is 9.44. The molecule has 0 amide bonds. The van der Waals surface area contributed by atoms with E-state index in [1.54, 1.807) is 28.8 Å². The number of pyridine rings is 2. The summed E-state index contributed by atoms with van der Waals surface area (Å²) in [7, 11) is -3.97. The van der Waals surface area contributed by atoms with Gasteiger partial charge in [0.25, 0.3) is 0 Å². The largest absolute Gasteiger partial charge is 0.327 e.